The Labute approximate surface area is 134 Å². The Morgan fingerprint density at radius 1 is 1.26 bits per heavy atom. The minimum absolute atomic E-state index is 0.163. The summed E-state index contributed by atoms with van der Waals surface area (Å²) < 4.78 is 4.74. The van der Waals surface area contributed by atoms with Crippen LogP contribution in [-0.4, -0.2) is 53.6 Å². The molecule has 1 aromatic carbocycles. The lowest BCUT2D eigenvalue weighted by atomic mass is 10.0. The number of imide groups is 1. The first-order valence-electron chi connectivity index (χ1n) is 7.66. The van der Waals surface area contributed by atoms with E-state index in [9.17, 15) is 14.4 Å². The number of carbonyl (C=O) groups is 3. The summed E-state index contributed by atoms with van der Waals surface area (Å²) in [7, 11) is 0. The summed E-state index contributed by atoms with van der Waals surface area (Å²) in [6.45, 7) is 2.79. The number of benzene rings is 1. The van der Waals surface area contributed by atoms with E-state index >= 15 is 0 Å². The van der Waals surface area contributed by atoms with E-state index in [1.807, 2.05) is 31.2 Å². The molecule has 2 aliphatic heterocycles. The van der Waals surface area contributed by atoms with Crippen LogP contribution >= 0.6 is 0 Å². The molecule has 0 atom stereocenters. The maximum absolute atomic E-state index is 12.3. The van der Waals surface area contributed by atoms with Crippen LogP contribution in [0.2, 0.25) is 0 Å². The number of ether oxygens (including phenoxy) is 1. The van der Waals surface area contributed by atoms with Crippen molar-refractivity contribution in [2.45, 2.75) is 25.8 Å². The van der Waals surface area contributed by atoms with Gasteiger partial charge >= 0.3 is 12.1 Å². The van der Waals surface area contributed by atoms with Gasteiger partial charge in [0.25, 0.3) is 5.91 Å². The fourth-order valence-corrected chi connectivity index (χ4v) is 2.97. The third-order valence-electron chi connectivity index (χ3n) is 4.17. The number of hydrogen-bond acceptors (Lipinski definition) is 4. The Hall–Kier alpha value is -2.57. The Morgan fingerprint density at radius 2 is 2.00 bits per heavy atom. The van der Waals surface area contributed by atoms with Gasteiger partial charge in [-0.15, -0.1) is 0 Å². The van der Waals surface area contributed by atoms with Gasteiger partial charge in [0, 0.05) is 24.8 Å². The molecule has 0 aliphatic carbocycles. The van der Waals surface area contributed by atoms with Gasteiger partial charge in [-0.25, -0.2) is 14.5 Å². The number of piperidine rings is 1. The number of anilines is 1. The molecular formula is C16H19N3O4. The molecule has 7 heteroatoms. The van der Waals surface area contributed by atoms with E-state index < -0.39 is 6.09 Å². The van der Waals surface area contributed by atoms with Crippen LogP contribution < -0.4 is 5.32 Å². The van der Waals surface area contributed by atoms with Crippen molar-refractivity contribution in [2.75, 3.05) is 25.0 Å². The first-order chi connectivity index (χ1) is 11.0. The van der Waals surface area contributed by atoms with Gasteiger partial charge in [-0.05, 0) is 37.5 Å². The van der Waals surface area contributed by atoms with Crippen molar-refractivity contribution in [2.24, 2.45) is 0 Å². The van der Waals surface area contributed by atoms with Gasteiger partial charge < -0.3 is 15.0 Å². The van der Waals surface area contributed by atoms with Crippen LogP contribution in [0.25, 0.3) is 0 Å². The van der Waals surface area contributed by atoms with E-state index in [1.54, 1.807) is 4.90 Å². The van der Waals surface area contributed by atoms with Gasteiger partial charge in [-0.3, -0.25) is 4.79 Å². The Bertz CT molecular complexity index is 622. The number of nitrogens with zero attached hydrogens (tertiary/aromatic N) is 2. The van der Waals surface area contributed by atoms with Crippen LogP contribution in [0.1, 0.15) is 18.4 Å². The smallest absolute Gasteiger partial charge is 0.417 e. The van der Waals surface area contributed by atoms with Crippen LogP contribution in [0.15, 0.2) is 24.3 Å². The zero-order valence-electron chi connectivity index (χ0n) is 12.9. The SMILES string of the molecule is Cc1cccc(NC(=O)N2CCC(N3C(=O)COC3=O)CC2)c1. The number of likely N-dealkylation sites (tertiary alicyclic amines) is 1. The Balaban J connectivity index is 1.55. The number of rotatable bonds is 2. The number of carbonyl (C=O) groups excluding carboxylic acids is 3. The maximum Gasteiger partial charge on any atom is 0.417 e. The second-order valence-corrected chi connectivity index (χ2v) is 5.84. The topological polar surface area (TPSA) is 79.0 Å². The van der Waals surface area contributed by atoms with E-state index in [4.69, 9.17) is 4.74 Å². The fraction of sp³-hybridized carbons (Fsp3) is 0.438. The van der Waals surface area contributed by atoms with Crippen LogP contribution in [0, 0.1) is 6.92 Å². The number of urea groups is 1. The van der Waals surface area contributed by atoms with E-state index in [1.165, 1.54) is 4.90 Å². The molecule has 2 heterocycles. The van der Waals surface area contributed by atoms with E-state index in [2.05, 4.69) is 5.32 Å². The number of amides is 4. The second-order valence-electron chi connectivity index (χ2n) is 5.84. The van der Waals surface area contributed by atoms with Crippen LogP contribution in [-0.2, 0) is 9.53 Å². The van der Waals surface area contributed by atoms with Gasteiger partial charge in [0.15, 0.2) is 6.61 Å². The average molecular weight is 317 g/mol. The third kappa shape index (κ3) is 3.28. The highest BCUT2D eigenvalue weighted by molar-refractivity contribution is 5.98. The molecule has 0 spiro atoms. The predicted octanol–water partition coefficient (Wildman–Crippen LogP) is 1.97. The zero-order valence-corrected chi connectivity index (χ0v) is 12.9. The zero-order chi connectivity index (χ0) is 16.4. The average Bonchev–Trinajstić information content (AvgIpc) is 2.86. The van der Waals surface area contributed by atoms with Gasteiger partial charge in [-0.2, -0.15) is 0 Å². The van der Waals surface area contributed by atoms with E-state index in [-0.39, 0.29) is 24.6 Å². The molecule has 0 unspecified atom stereocenters. The van der Waals surface area contributed by atoms with E-state index in [0.29, 0.717) is 25.9 Å². The third-order valence-corrected chi connectivity index (χ3v) is 4.17. The normalized spacial score (nSPS) is 19.0. The second kappa shape index (κ2) is 6.28. The maximum atomic E-state index is 12.3. The minimum Gasteiger partial charge on any atom is -0.439 e. The Kier molecular flexibility index (Phi) is 4.18. The molecule has 0 bridgehead atoms. The highest BCUT2D eigenvalue weighted by Gasteiger charge is 2.38. The standard InChI is InChI=1S/C16H19N3O4/c1-11-3-2-4-12(9-11)17-15(21)18-7-5-13(6-8-18)19-14(20)10-23-16(19)22/h2-4,9,13H,5-8,10H2,1H3,(H,17,21). The molecule has 3 rings (SSSR count). The molecule has 0 aromatic heterocycles. The molecule has 1 N–H and O–H groups in total. The van der Waals surface area contributed by atoms with Crippen molar-refractivity contribution in [3.8, 4) is 0 Å². The van der Waals surface area contributed by atoms with E-state index in [0.717, 1.165) is 11.3 Å². The molecule has 4 amide bonds. The molecule has 7 nitrogen and oxygen atoms in total. The van der Waals surface area contributed by atoms with Crippen molar-refractivity contribution in [1.82, 2.24) is 9.80 Å². The highest BCUT2D eigenvalue weighted by Crippen LogP contribution is 2.21. The summed E-state index contributed by atoms with van der Waals surface area (Å²) >= 11 is 0. The number of cyclic esters (lactones) is 1. The molecule has 1 aromatic rings. The first kappa shape index (κ1) is 15.3. The highest BCUT2D eigenvalue weighted by atomic mass is 16.6. The van der Waals surface area contributed by atoms with Crippen LogP contribution in [0.5, 0.6) is 0 Å². The molecule has 122 valence electrons. The van der Waals surface area contributed by atoms with Crippen molar-refractivity contribution in [3.63, 3.8) is 0 Å². The Morgan fingerprint density at radius 3 is 2.61 bits per heavy atom. The summed E-state index contributed by atoms with van der Waals surface area (Å²) in [6.07, 6.45) is 0.571. The molecule has 2 aliphatic rings. The van der Waals surface area contributed by atoms with Crippen LogP contribution in [0.3, 0.4) is 0 Å². The quantitative estimate of drug-likeness (QED) is 0.904. The van der Waals surface area contributed by atoms with Gasteiger partial charge in [0.1, 0.15) is 0 Å². The van der Waals surface area contributed by atoms with Crippen LogP contribution in [0.4, 0.5) is 15.3 Å². The fourth-order valence-electron chi connectivity index (χ4n) is 2.97. The summed E-state index contributed by atoms with van der Waals surface area (Å²) in [5.74, 6) is -0.294. The summed E-state index contributed by atoms with van der Waals surface area (Å²) in [5, 5.41) is 2.87. The molecular weight excluding hydrogens is 298 g/mol. The molecule has 23 heavy (non-hydrogen) atoms. The first-order valence-corrected chi connectivity index (χ1v) is 7.66. The summed E-state index contributed by atoms with van der Waals surface area (Å²) in [4.78, 5) is 38.4. The monoisotopic (exact) mass is 317 g/mol. The lowest BCUT2D eigenvalue weighted by Gasteiger charge is -2.34. The minimum atomic E-state index is -0.572. The number of hydrogen-bond donors (Lipinski definition) is 1. The molecule has 2 saturated heterocycles. The number of nitrogens with one attached hydrogen (secondary N) is 1. The van der Waals surface area contributed by atoms with Gasteiger partial charge in [0.2, 0.25) is 0 Å². The lowest BCUT2D eigenvalue weighted by molar-refractivity contribution is -0.127. The lowest BCUT2D eigenvalue weighted by Crippen LogP contribution is -2.49. The number of aryl methyl sites for hydroxylation is 1. The molecule has 2 fully saturated rings. The van der Waals surface area contributed by atoms with Crippen molar-refractivity contribution < 1.29 is 19.1 Å². The summed E-state index contributed by atoms with van der Waals surface area (Å²) in [5.41, 5.74) is 1.84. The molecule has 0 saturated carbocycles. The summed E-state index contributed by atoms with van der Waals surface area (Å²) in [6, 6.07) is 7.26. The van der Waals surface area contributed by atoms with Gasteiger partial charge in [0.05, 0.1) is 0 Å². The van der Waals surface area contributed by atoms with Gasteiger partial charge in [-0.1, -0.05) is 12.1 Å². The van der Waals surface area contributed by atoms with Crippen molar-refractivity contribution in [1.29, 1.82) is 0 Å². The van der Waals surface area contributed by atoms with Crippen molar-refractivity contribution in [3.05, 3.63) is 29.8 Å². The largest absolute Gasteiger partial charge is 0.439 e. The predicted molar refractivity (Wildman–Crippen MR) is 83.0 cm³/mol. The molecule has 0 radical (unpaired) electrons. The van der Waals surface area contributed by atoms with Crippen molar-refractivity contribution >= 4 is 23.7 Å².